The number of benzene rings is 4. The zero-order valence-electron chi connectivity index (χ0n) is 24.9. The van der Waals surface area contributed by atoms with E-state index in [2.05, 4.69) is 9.80 Å². The molecule has 2 amide bonds. The highest BCUT2D eigenvalue weighted by atomic mass is 16.7. The molecule has 0 saturated carbocycles. The first-order valence-electron chi connectivity index (χ1n) is 15.1. The second-order valence-electron chi connectivity index (χ2n) is 11.1. The Balaban J connectivity index is 1.26. The first-order chi connectivity index (χ1) is 22.0. The minimum absolute atomic E-state index is 0.166. The molecule has 230 valence electrons. The van der Waals surface area contributed by atoms with E-state index < -0.39 is 23.4 Å². The molecule has 9 nitrogen and oxygen atoms in total. The van der Waals surface area contributed by atoms with Crippen LogP contribution < -0.4 is 0 Å². The highest BCUT2D eigenvalue weighted by Gasteiger charge is 2.40. The number of imide groups is 1. The molecule has 9 heteroatoms. The molecule has 6 rings (SSSR count). The van der Waals surface area contributed by atoms with Crippen molar-refractivity contribution in [2.45, 2.75) is 5.60 Å². The molecule has 2 heterocycles. The smallest absolute Gasteiger partial charge is 0.363 e. The number of carbonyl (C=O) groups excluding carboxylic acids is 3. The lowest BCUT2D eigenvalue weighted by Crippen LogP contribution is -2.48. The molecule has 0 unspecified atom stereocenters. The van der Waals surface area contributed by atoms with Gasteiger partial charge < -0.3 is 14.7 Å². The summed E-state index contributed by atoms with van der Waals surface area (Å²) in [4.78, 5) is 48.5. The summed E-state index contributed by atoms with van der Waals surface area (Å²) in [5, 5.41) is 9.80. The van der Waals surface area contributed by atoms with Crippen molar-refractivity contribution >= 4 is 17.8 Å². The summed E-state index contributed by atoms with van der Waals surface area (Å²) >= 11 is 0. The highest BCUT2D eigenvalue weighted by Crippen LogP contribution is 2.40. The number of carbonyl (C=O) groups is 3. The minimum atomic E-state index is -0.980. The molecular formula is C36H35N3O6. The van der Waals surface area contributed by atoms with Crippen LogP contribution in [0.2, 0.25) is 0 Å². The van der Waals surface area contributed by atoms with Gasteiger partial charge in [-0.2, -0.15) is 0 Å². The van der Waals surface area contributed by atoms with Crippen LogP contribution in [0.25, 0.3) is 0 Å². The molecule has 0 aliphatic carbocycles. The molecule has 0 atom stereocenters. The topological polar surface area (TPSA) is 99.6 Å². The first kappa shape index (κ1) is 30.4. The average Bonchev–Trinajstić information content (AvgIpc) is 3.33. The Kier molecular flexibility index (Phi) is 9.13. The van der Waals surface area contributed by atoms with Gasteiger partial charge in [0.15, 0.2) is 0 Å². The molecule has 0 aromatic heterocycles. The normalized spacial score (nSPS) is 15.7. The van der Waals surface area contributed by atoms with Gasteiger partial charge in [-0.05, 0) is 41.0 Å². The third-order valence-electron chi connectivity index (χ3n) is 8.43. The van der Waals surface area contributed by atoms with Gasteiger partial charge in [-0.3, -0.25) is 19.4 Å². The van der Waals surface area contributed by atoms with Gasteiger partial charge in [0.1, 0.15) is 5.60 Å². The van der Waals surface area contributed by atoms with Gasteiger partial charge in [0.25, 0.3) is 11.8 Å². The fourth-order valence-electron chi connectivity index (χ4n) is 6.03. The molecule has 4 aromatic carbocycles. The number of hydrogen-bond donors (Lipinski definition) is 1. The van der Waals surface area contributed by atoms with E-state index in [-0.39, 0.29) is 23.3 Å². The summed E-state index contributed by atoms with van der Waals surface area (Å²) < 4.78 is 6.93. The van der Waals surface area contributed by atoms with Crippen LogP contribution in [0.3, 0.4) is 0 Å². The van der Waals surface area contributed by atoms with Crippen LogP contribution in [0.1, 0.15) is 47.8 Å². The number of hydroxylamine groups is 2. The molecule has 0 bridgehead atoms. The average molecular weight is 606 g/mol. The maximum Gasteiger partial charge on any atom is 0.363 e. The van der Waals surface area contributed by atoms with Crippen LogP contribution in [-0.4, -0.2) is 90.2 Å². The number of ether oxygens (including phenoxy) is 1. The monoisotopic (exact) mass is 605 g/mol. The summed E-state index contributed by atoms with van der Waals surface area (Å²) in [7, 11) is 0. The number of rotatable bonds is 11. The van der Waals surface area contributed by atoms with Gasteiger partial charge in [-0.15, -0.1) is 0 Å². The predicted octanol–water partition coefficient (Wildman–Crippen LogP) is 3.97. The van der Waals surface area contributed by atoms with Crippen molar-refractivity contribution in [2.75, 3.05) is 52.5 Å². The predicted molar refractivity (Wildman–Crippen MR) is 167 cm³/mol. The third-order valence-corrected chi connectivity index (χ3v) is 8.43. The van der Waals surface area contributed by atoms with Crippen LogP contribution in [-0.2, 0) is 15.2 Å². The van der Waals surface area contributed by atoms with E-state index in [0.29, 0.717) is 18.2 Å². The third kappa shape index (κ3) is 6.16. The van der Waals surface area contributed by atoms with Crippen molar-refractivity contribution in [1.82, 2.24) is 14.9 Å². The molecular weight excluding hydrogens is 570 g/mol. The molecule has 2 aliphatic heterocycles. The lowest BCUT2D eigenvalue weighted by Gasteiger charge is -2.38. The van der Waals surface area contributed by atoms with Crippen molar-refractivity contribution in [3.05, 3.63) is 143 Å². The van der Waals surface area contributed by atoms with E-state index >= 15 is 0 Å². The lowest BCUT2D eigenvalue weighted by molar-refractivity contribution is -0.0584. The van der Waals surface area contributed by atoms with E-state index in [0.717, 1.165) is 49.4 Å². The fraction of sp³-hybridized carbons (Fsp3) is 0.250. The highest BCUT2D eigenvalue weighted by molar-refractivity contribution is 6.21. The van der Waals surface area contributed by atoms with Crippen molar-refractivity contribution in [3.63, 3.8) is 0 Å². The Morgan fingerprint density at radius 1 is 0.644 bits per heavy atom. The number of β-amino-alcohol motifs (C(OH)–C–C–N with tert-alkyl or cyclic N) is 1. The summed E-state index contributed by atoms with van der Waals surface area (Å²) in [5.41, 5.74) is 2.29. The molecule has 1 N–H and O–H groups in total. The van der Waals surface area contributed by atoms with E-state index in [1.54, 1.807) is 24.3 Å². The number of aliphatic hydroxyl groups excluding tert-OH is 1. The Bertz CT molecular complexity index is 1560. The summed E-state index contributed by atoms with van der Waals surface area (Å²) in [6, 6.07) is 33.2. The van der Waals surface area contributed by atoms with E-state index in [4.69, 9.17) is 9.57 Å². The maximum atomic E-state index is 13.1. The largest absolute Gasteiger partial charge is 0.395 e. The number of piperazine rings is 1. The van der Waals surface area contributed by atoms with E-state index in [9.17, 15) is 19.5 Å². The molecule has 2 aliphatic rings. The van der Waals surface area contributed by atoms with Crippen molar-refractivity contribution in [1.29, 1.82) is 0 Å². The Morgan fingerprint density at radius 2 is 1.11 bits per heavy atom. The molecule has 1 saturated heterocycles. The lowest BCUT2D eigenvalue weighted by atomic mass is 9.80. The Hall–Kier alpha value is -4.67. The Morgan fingerprint density at radius 3 is 1.62 bits per heavy atom. The van der Waals surface area contributed by atoms with Crippen molar-refractivity contribution in [3.8, 4) is 0 Å². The van der Waals surface area contributed by atoms with E-state index in [1.807, 2.05) is 72.8 Å². The summed E-state index contributed by atoms with van der Waals surface area (Å²) in [5.74, 6) is -2.16. The number of hydrogen-bond acceptors (Lipinski definition) is 8. The summed E-state index contributed by atoms with van der Waals surface area (Å²) in [6.45, 7) is 5.65. The van der Waals surface area contributed by atoms with Crippen LogP contribution in [0, 0.1) is 0 Å². The number of amides is 2. The molecule has 45 heavy (non-hydrogen) atoms. The molecule has 4 aromatic rings. The van der Waals surface area contributed by atoms with Gasteiger partial charge in [0.05, 0.1) is 29.9 Å². The standard InChI is InChI=1S/C36H35N3O6/c40-25-23-37-19-21-38(22-20-37)24-26-44-36(28-9-3-1-4-10-28,29-11-5-2-6-12-29)30-17-15-27(16-18-30)35(43)45-39-33(41)31-13-7-8-14-32(31)34(39)42/h1-18,40H,19-26H2. The summed E-state index contributed by atoms with van der Waals surface area (Å²) in [6.07, 6.45) is 0. The Labute approximate surface area is 262 Å². The van der Waals surface area contributed by atoms with Gasteiger partial charge >= 0.3 is 5.97 Å². The van der Waals surface area contributed by atoms with Crippen LogP contribution in [0.5, 0.6) is 0 Å². The molecule has 1 fully saturated rings. The minimum Gasteiger partial charge on any atom is -0.395 e. The van der Waals surface area contributed by atoms with Crippen LogP contribution in [0.4, 0.5) is 0 Å². The number of nitrogens with zero attached hydrogens (tertiary/aromatic N) is 3. The van der Waals surface area contributed by atoms with Gasteiger partial charge in [0, 0.05) is 39.3 Å². The number of fused-ring (bicyclic) bond motifs is 1. The van der Waals surface area contributed by atoms with Crippen LogP contribution in [0.15, 0.2) is 109 Å². The van der Waals surface area contributed by atoms with Crippen LogP contribution >= 0.6 is 0 Å². The van der Waals surface area contributed by atoms with Gasteiger partial charge in [-0.1, -0.05) is 90.0 Å². The second kappa shape index (κ2) is 13.5. The molecule has 0 radical (unpaired) electrons. The SMILES string of the molecule is O=C(ON1C(=O)c2ccccc2C1=O)c1ccc(C(OCCN2CCN(CCO)CC2)(c2ccccc2)c2ccccc2)cc1. The number of aliphatic hydroxyl groups is 1. The van der Waals surface area contributed by atoms with Crippen molar-refractivity contribution in [2.24, 2.45) is 0 Å². The van der Waals surface area contributed by atoms with E-state index in [1.165, 1.54) is 12.1 Å². The van der Waals surface area contributed by atoms with Crippen molar-refractivity contribution < 1.29 is 29.1 Å². The fourth-order valence-corrected chi connectivity index (χ4v) is 6.03. The first-order valence-corrected chi connectivity index (χ1v) is 15.1. The zero-order valence-corrected chi connectivity index (χ0v) is 24.9. The zero-order chi connectivity index (χ0) is 31.2. The quantitative estimate of drug-likeness (QED) is 0.203. The van der Waals surface area contributed by atoms with Gasteiger partial charge in [-0.25, -0.2) is 4.79 Å². The van der Waals surface area contributed by atoms with Gasteiger partial charge in [0.2, 0.25) is 0 Å². The second-order valence-corrected chi connectivity index (χ2v) is 11.1. The maximum absolute atomic E-state index is 13.1. The molecule has 0 spiro atoms.